The number of fused-ring (bicyclic) bond motifs is 2. The second-order valence-electron chi connectivity index (χ2n) is 13.3. The first-order valence-corrected chi connectivity index (χ1v) is 17.9. The first-order chi connectivity index (χ1) is 26.2. The molecule has 53 heavy (non-hydrogen) atoms. The molecule has 0 atom stereocenters. The molecule has 9 aromatic rings. The topological polar surface area (TPSA) is 21.7 Å². The van der Waals surface area contributed by atoms with Gasteiger partial charge in [0.05, 0.1) is 11.1 Å². The summed E-state index contributed by atoms with van der Waals surface area (Å²) in [5, 5.41) is 4.57. The van der Waals surface area contributed by atoms with Crippen LogP contribution in [0.5, 0.6) is 23.0 Å². The molecular weight excluding hydrogens is 647 g/mol. The van der Waals surface area contributed by atoms with Gasteiger partial charge < -0.3 is 14.4 Å². The van der Waals surface area contributed by atoms with E-state index in [1.165, 1.54) is 38.6 Å². The molecule has 0 fully saturated rings. The summed E-state index contributed by atoms with van der Waals surface area (Å²) in [6, 6.07) is 70.3. The van der Waals surface area contributed by atoms with Crippen molar-refractivity contribution >= 4 is 38.6 Å². The zero-order chi connectivity index (χ0) is 35.1. The first-order valence-electron chi connectivity index (χ1n) is 17.9. The molecule has 0 aromatic heterocycles. The van der Waals surface area contributed by atoms with Crippen molar-refractivity contribution < 1.29 is 9.47 Å². The van der Waals surface area contributed by atoms with Gasteiger partial charge in [-0.2, -0.15) is 0 Å². The molecule has 1 aliphatic rings. The molecule has 3 heteroatoms. The van der Waals surface area contributed by atoms with E-state index in [1.807, 2.05) is 36.4 Å². The summed E-state index contributed by atoms with van der Waals surface area (Å²) >= 11 is 0. The Bertz CT molecular complexity index is 2740. The van der Waals surface area contributed by atoms with Gasteiger partial charge in [0.2, 0.25) is 0 Å². The van der Waals surface area contributed by atoms with E-state index in [-0.39, 0.29) is 0 Å². The summed E-state index contributed by atoms with van der Waals surface area (Å²) in [7, 11) is 0. The molecule has 0 unspecified atom stereocenters. The molecule has 0 amide bonds. The quantitative estimate of drug-likeness (QED) is 0.175. The number of hydrogen-bond acceptors (Lipinski definition) is 3. The number of benzene rings is 9. The van der Waals surface area contributed by atoms with Crippen molar-refractivity contribution in [3.05, 3.63) is 200 Å². The van der Waals surface area contributed by atoms with Crippen molar-refractivity contribution in [2.75, 3.05) is 4.90 Å². The van der Waals surface area contributed by atoms with Gasteiger partial charge >= 0.3 is 0 Å². The van der Waals surface area contributed by atoms with Gasteiger partial charge in [0.1, 0.15) is 11.5 Å². The second-order valence-corrected chi connectivity index (χ2v) is 13.3. The number of rotatable bonds is 6. The van der Waals surface area contributed by atoms with Gasteiger partial charge in [-0.05, 0) is 98.1 Å². The van der Waals surface area contributed by atoms with Crippen LogP contribution in [0, 0.1) is 0 Å². The summed E-state index contributed by atoms with van der Waals surface area (Å²) in [4.78, 5) is 2.27. The Labute approximate surface area is 308 Å². The largest absolute Gasteiger partial charge is 0.453 e. The van der Waals surface area contributed by atoms with Gasteiger partial charge in [-0.3, -0.25) is 0 Å². The van der Waals surface area contributed by atoms with Gasteiger partial charge in [-0.25, -0.2) is 0 Å². The molecule has 0 aliphatic carbocycles. The summed E-state index contributed by atoms with van der Waals surface area (Å²) < 4.78 is 13.1. The van der Waals surface area contributed by atoms with E-state index in [9.17, 15) is 0 Å². The van der Waals surface area contributed by atoms with Crippen LogP contribution in [0.4, 0.5) is 17.1 Å². The summed E-state index contributed by atoms with van der Waals surface area (Å²) in [6.45, 7) is 0. The minimum atomic E-state index is 0.667. The number of hydrogen-bond donors (Lipinski definition) is 0. The summed E-state index contributed by atoms with van der Waals surface area (Å²) in [6.07, 6.45) is 0. The standard InChI is InChI=1S/C50H33NO2/c1-2-9-34(10-3-1)36-23-27-41(28-24-36)51(43-31-32-46-49(33-43)53-48-18-8-14-40-13-7-17-47(52-46)50(40)48)42-29-25-37(26-30-42)35-19-21-39(22-20-35)45-16-6-12-38-11-4-5-15-44(38)45/h1-33H. The highest BCUT2D eigenvalue weighted by Gasteiger charge is 2.21. The van der Waals surface area contributed by atoms with Crippen molar-refractivity contribution in [1.82, 2.24) is 0 Å². The molecule has 250 valence electrons. The maximum absolute atomic E-state index is 6.60. The molecule has 3 nitrogen and oxygen atoms in total. The molecule has 0 bridgehead atoms. The summed E-state index contributed by atoms with van der Waals surface area (Å²) in [5.74, 6) is 2.92. The van der Waals surface area contributed by atoms with Crippen LogP contribution in [0.1, 0.15) is 0 Å². The zero-order valence-electron chi connectivity index (χ0n) is 28.8. The molecule has 0 radical (unpaired) electrons. The lowest BCUT2D eigenvalue weighted by molar-refractivity contribution is 0.439. The maximum atomic E-state index is 6.60. The lowest BCUT2D eigenvalue weighted by Crippen LogP contribution is -2.10. The fourth-order valence-electron chi connectivity index (χ4n) is 7.48. The van der Waals surface area contributed by atoms with Crippen molar-refractivity contribution in [3.8, 4) is 56.4 Å². The monoisotopic (exact) mass is 679 g/mol. The Balaban J connectivity index is 1.02. The first kappa shape index (κ1) is 30.7. The Morgan fingerprint density at radius 3 is 1.47 bits per heavy atom. The molecular formula is C50H33NO2. The Kier molecular flexibility index (Phi) is 7.47. The maximum Gasteiger partial charge on any atom is 0.172 e. The minimum absolute atomic E-state index is 0.667. The Morgan fingerprint density at radius 2 is 0.792 bits per heavy atom. The minimum Gasteiger partial charge on any atom is -0.453 e. The molecule has 9 aromatic carbocycles. The summed E-state index contributed by atoms with van der Waals surface area (Å²) in [5.41, 5.74) is 10.2. The fraction of sp³-hybridized carbons (Fsp3) is 0. The molecule has 0 spiro atoms. The van der Waals surface area contributed by atoms with Crippen LogP contribution in [0.25, 0.3) is 54.9 Å². The molecule has 0 saturated heterocycles. The second kappa shape index (κ2) is 12.9. The van der Waals surface area contributed by atoms with Crippen LogP contribution in [0.15, 0.2) is 200 Å². The lowest BCUT2D eigenvalue weighted by Gasteiger charge is -2.26. The van der Waals surface area contributed by atoms with Crippen molar-refractivity contribution in [2.24, 2.45) is 0 Å². The van der Waals surface area contributed by atoms with Gasteiger partial charge in [0, 0.05) is 17.4 Å². The van der Waals surface area contributed by atoms with E-state index >= 15 is 0 Å². The van der Waals surface area contributed by atoms with Gasteiger partial charge in [-0.15, -0.1) is 0 Å². The smallest absolute Gasteiger partial charge is 0.172 e. The number of ether oxygens (including phenoxy) is 2. The molecule has 1 aliphatic heterocycles. The lowest BCUT2D eigenvalue weighted by atomic mass is 9.96. The van der Waals surface area contributed by atoms with E-state index in [4.69, 9.17) is 9.47 Å². The van der Waals surface area contributed by atoms with E-state index < -0.39 is 0 Å². The number of anilines is 3. The average Bonchev–Trinajstić information content (AvgIpc) is 3.39. The van der Waals surface area contributed by atoms with E-state index in [0.29, 0.717) is 11.5 Å². The van der Waals surface area contributed by atoms with Crippen molar-refractivity contribution in [3.63, 3.8) is 0 Å². The van der Waals surface area contributed by atoms with Crippen molar-refractivity contribution in [1.29, 1.82) is 0 Å². The van der Waals surface area contributed by atoms with Gasteiger partial charge in [0.15, 0.2) is 11.5 Å². The van der Waals surface area contributed by atoms with Crippen LogP contribution in [0.2, 0.25) is 0 Å². The van der Waals surface area contributed by atoms with Gasteiger partial charge in [-0.1, -0.05) is 146 Å². The van der Waals surface area contributed by atoms with E-state index in [0.717, 1.165) is 44.9 Å². The normalized spacial score (nSPS) is 11.7. The van der Waals surface area contributed by atoms with Crippen molar-refractivity contribution in [2.45, 2.75) is 0 Å². The van der Waals surface area contributed by atoms with Gasteiger partial charge in [0.25, 0.3) is 0 Å². The van der Waals surface area contributed by atoms with E-state index in [2.05, 4.69) is 169 Å². The predicted molar refractivity (Wildman–Crippen MR) is 219 cm³/mol. The van der Waals surface area contributed by atoms with Crippen LogP contribution in [-0.4, -0.2) is 0 Å². The molecule has 1 heterocycles. The Morgan fingerprint density at radius 1 is 0.302 bits per heavy atom. The molecule has 10 rings (SSSR count). The highest BCUT2D eigenvalue weighted by Crippen LogP contribution is 2.48. The van der Waals surface area contributed by atoms with E-state index in [1.54, 1.807) is 0 Å². The fourth-order valence-corrected chi connectivity index (χ4v) is 7.48. The molecule has 0 N–H and O–H groups in total. The zero-order valence-corrected chi connectivity index (χ0v) is 28.8. The third-order valence-corrected chi connectivity index (χ3v) is 10.1. The molecule has 0 saturated carbocycles. The predicted octanol–water partition coefficient (Wildman–Crippen LogP) is 14.4. The Hall–Kier alpha value is -7.10. The number of nitrogens with zero attached hydrogens (tertiary/aromatic N) is 1. The third-order valence-electron chi connectivity index (χ3n) is 10.1. The highest BCUT2D eigenvalue weighted by atomic mass is 16.5. The third kappa shape index (κ3) is 5.65. The highest BCUT2D eigenvalue weighted by molar-refractivity contribution is 5.97. The SMILES string of the molecule is c1ccc(-c2ccc(N(c3ccc(-c4ccc(-c5cccc6ccccc56)cc4)cc3)c3ccc4c(c3)Oc3cccc5cccc(c35)O4)cc2)cc1. The van der Waals surface area contributed by atoms with Crippen LogP contribution in [0.3, 0.4) is 0 Å². The van der Waals surface area contributed by atoms with Crippen LogP contribution >= 0.6 is 0 Å². The van der Waals surface area contributed by atoms with Crippen LogP contribution < -0.4 is 14.4 Å². The average molecular weight is 680 g/mol. The van der Waals surface area contributed by atoms with Crippen LogP contribution in [-0.2, 0) is 0 Å².